The SMILES string of the molecule is FC(F)(F)c1cnc(Nc2cccc3c2cnn3CC2CC2)nc1NC1CC1. The van der Waals surface area contributed by atoms with Crippen LogP contribution in [0.1, 0.15) is 31.2 Å². The van der Waals surface area contributed by atoms with E-state index in [-0.39, 0.29) is 17.8 Å². The molecule has 2 aromatic heterocycles. The first-order chi connectivity index (χ1) is 13.5. The highest BCUT2D eigenvalue weighted by Crippen LogP contribution is 2.37. The predicted octanol–water partition coefficient (Wildman–Crippen LogP) is 4.57. The average Bonchev–Trinajstić information content (AvgIpc) is 3.56. The van der Waals surface area contributed by atoms with Gasteiger partial charge in [-0.25, -0.2) is 4.98 Å². The topological polar surface area (TPSA) is 67.7 Å². The van der Waals surface area contributed by atoms with Gasteiger partial charge in [0.1, 0.15) is 11.4 Å². The molecule has 2 saturated carbocycles. The van der Waals surface area contributed by atoms with Gasteiger partial charge in [0.15, 0.2) is 0 Å². The molecular formula is C19H19F3N6. The molecule has 146 valence electrons. The molecule has 3 aromatic rings. The molecule has 2 N–H and O–H groups in total. The Kier molecular flexibility index (Phi) is 3.92. The number of anilines is 3. The van der Waals surface area contributed by atoms with Crippen LogP contribution in [0.3, 0.4) is 0 Å². The maximum atomic E-state index is 13.2. The Labute approximate surface area is 159 Å². The minimum Gasteiger partial charge on any atom is -0.367 e. The number of halogens is 3. The van der Waals surface area contributed by atoms with Crippen molar-refractivity contribution in [2.75, 3.05) is 10.6 Å². The largest absolute Gasteiger partial charge is 0.421 e. The Morgan fingerprint density at radius 3 is 2.64 bits per heavy atom. The number of benzene rings is 1. The highest BCUT2D eigenvalue weighted by Gasteiger charge is 2.37. The minimum atomic E-state index is -4.50. The van der Waals surface area contributed by atoms with Crippen molar-refractivity contribution in [3.05, 3.63) is 36.2 Å². The van der Waals surface area contributed by atoms with Gasteiger partial charge < -0.3 is 10.6 Å². The summed E-state index contributed by atoms with van der Waals surface area (Å²) in [5.41, 5.74) is 0.859. The van der Waals surface area contributed by atoms with Crippen LogP contribution in [-0.2, 0) is 12.7 Å². The third kappa shape index (κ3) is 3.48. The minimum absolute atomic E-state index is 0.0490. The van der Waals surface area contributed by atoms with E-state index in [1.807, 2.05) is 22.9 Å². The average molecular weight is 388 g/mol. The van der Waals surface area contributed by atoms with Gasteiger partial charge in [-0.05, 0) is 43.7 Å². The van der Waals surface area contributed by atoms with Crippen LogP contribution in [0.15, 0.2) is 30.6 Å². The van der Waals surface area contributed by atoms with Crippen LogP contribution < -0.4 is 10.6 Å². The molecular weight excluding hydrogens is 369 g/mol. The number of hydrogen-bond donors (Lipinski definition) is 2. The lowest BCUT2D eigenvalue weighted by atomic mass is 10.2. The molecule has 0 unspecified atom stereocenters. The number of aromatic nitrogens is 4. The van der Waals surface area contributed by atoms with Crippen LogP contribution in [0.25, 0.3) is 10.9 Å². The molecule has 28 heavy (non-hydrogen) atoms. The summed E-state index contributed by atoms with van der Waals surface area (Å²) in [4.78, 5) is 8.00. The van der Waals surface area contributed by atoms with Gasteiger partial charge >= 0.3 is 6.18 Å². The van der Waals surface area contributed by atoms with Crippen molar-refractivity contribution in [2.45, 2.75) is 44.4 Å². The standard InChI is InChI=1S/C19H19F3N6/c20-19(21,22)14-9-23-18(27-17(14)25-12-6-7-12)26-15-2-1-3-16-13(15)8-24-28(16)10-11-4-5-11/h1-3,8-9,11-12H,4-7,10H2,(H2,23,25,26,27). The molecule has 0 saturated heterocycles. The van der Waals surface area contributed by atoms with Crippen molar-refractivity contribution in [3.63, 3.8) is 0 Å². The summed E-state index contributed by atoms with van der Waals surface area (Å²) >= 11 is 0. The first kappa shape index (κ1) is 17.3. The van der Waals surface area contributed by atoms with E-state index < -0.39 is 11.7 Å². The summed E-state index contributed by atoms with van der Waals surface area (Å²) in [5.74, 6) is 0.636. The van der Waals surface area contributed by atoms with E-state index in [2.05, 4.69) is 25.7 Å². The number of alkyl halides is 3. The van der Waals surface area contributed by atoms with E-state index in [9.17, 15) is 13.2 Å². The molecule has 0 aliphatic heterocycles. The second-order valence-corrected chi connectivity index (χ2v) is 7.51. The molecule has 0 atom stereocenters. The fourth-order valence-electron chi connectivity index (χ4n) is 3.20. The molecule has 0 amide bonds. The maximum absolute atomic E-state index is 13.2. The van der Waals surface area contributed by atoms with E-state index in [4.69, 9.17) is 0 Å². The number of fused-ring (bicyclic) bond motifs is 1. The maximum Gasteiger partial charge on any atom is 0.421 e. The molecule has 6 nitrogen and oxygen atoms in total. The molecule has 0 bridgehead atoms. The van der Waals surface area contributed by atoms with Gasteiger partial charge in [-0.2, -0.15) is 23.3 Å². The zero-order valence-corrected chi connectivity index (χ0v) is 15.0. The molecule has 5 rings (SSSR count). The molecule has 0 spiro atoms. The Morgan fingerprint density at radius 1 is 1.11 bits per heavy atom. The Balaban J connectivity index is 1.46. The summed E-state index contributed by atoms with van der Waals surface area (Å²) < 4.78 is 41.7. The summed E-state index contributed by atoms with van der Waals surface area (Å²) in [6, 6.07) is 5.78. The lowest BCUT2D eigenvalue weighted by molar-refractivity contribution is -0.137. The molecule has 0 radical (unpaired) electrons. The van der Waals surface area contributed by atoms with Crippen LogP contribution in [0, 0.1) is 5.92 Å². The summed E-state index contributed by atoms with van der Waals surface area (Å²) in [5, 5.41) is 11.3. The Hall–Kier alpha value is -2.84. The number of hydrogen-bond acceptors (Lipinski definition) is 5. The number of nitrogens with one attached hydrogen (secondary N) is 2. The van der Waals surface area contributed by atoms with Crippen molar-refractivity contribution in [1.82, 2.24) is 19.7 Å². The van der Waals surface area contributed by atoms with Gasteiger partial charge in [-0.1, -0.05) is 6.07 Å². The Bertz CT molecular complexity index is 1020. The van der Waals surface area contributed by atoms with Gasteiger partial charge in [0.2, 0.25) is 5.95 Å². The molecule has 9 heteroatoms. The van der Waals surface area contributed by atoms with E-state index in [0.29, 0.717) is 5.92 Å². The quantitative estimate of drug-likeness (QED) is 0.647. The predicted molar refractivity (Wildman–Crippen MR) is 99.4 cm³/mol. The smallest absolute Gasteiger partial charge is 0.367 e. The fourth-order valence-corrected chi connectivity index (χ4v) is 3.20. The normalized spacial score (nSPS) is 17.1. The van der Waals surface area contributed by atoms with Crippen molar-refractivity contribution in [3.8, 4) is 0 Å². The Morgan fingerprint density at radius 2 is 1.93 bits per heavy atom. The van der Waals surface area contributed by atoms with E-state index >= 15 is 0 Å². The van der Waals surface area contributed by atoms with Crippen molar-refractivity contribution in [1.29, 1.82) is 0 Å². The van der Waals surface area contributed by atoms with Gasteiger partial charge in [0.05, 0.1) is 17.4 Å². The molecule has 2 fully saturated rings. The van der Waals surface area contributed by atoms with Crippen LogP contribution in [0.4, 0.5) is 30.6 Å². The van der Waals surface area contributed by atoms with Crippen LogP contribution in [0.5, 0.6) is 0 Å². The first-order valence-electron chi connectivity index (χ1n) is 9.40. The second-order valence-electron chi connectivity index (χ2n) is 7.51. The van der Waals surface area contributed by atoms with E-state index in [1.165, 1.54) is 12.8 Å². The zero-order chi connectivity index (χ0) is 19.3. The van der Waals surface area contributed by atoms with Crippen LogP contribution >= 0.6 is 0 Å². The third-order valence-electron chi connectivity index (χ3n) is 5.07. The van der Waals surface area contributed by atoms with Crippen molar-refractivity contribution >= 4 is 28.4 Å². The number of nitrogens with zero attached hydrogens (tertiary/aromatic N) is 4. The van der Waals surface area contributed by atoms with Gasteiger partial charge in [-0.15, -0.1) is 0 Å². The van der Waals surface area contributed by atoms with Gasteiger partial charge in [0, 0.05) is 24.2 Å². The molecule has 2 aliphatic carbocycles. The third-order valence-corrected chi connectivity index (χ3v) is 5.07. The lowest BCUT2D eigenvalue weighted by Gasteiger charge is -2.14. The van der Waals surface area contributed by atoms with Gasteiger partial charge in [-0.3, -0.25) is 4.68 Å². The summed E-state index contributed by atoms with van der Waals surface area (Å²) in [6.07, 6.45) is 2.27. The van der Waals surface area contributed by atoms with E-state index in [1.54, 1.807) is 6.20 Å². The molecule has 2 aliphatic rings. The molecule has 2 heterocycles. The van der Waals surface area contributed by atoms with Gasteiger partial charge in [0.25, 0.3) is 0 Å². The first-order valence-corrected chi connectivity index (χ1v) is 9.40. The summed E-state index contributed by atoms with van der Waals surface area (Å²) in [6.45, 7) is 0.888. The van der Waals surface area contributed by atoms with Crippen molar-refractivity contribution in [2.24, 2.45) is 5.92 Å². The van der Waals surface area contributed by atoms with Crippen LogP contribution in [-0.4, -0.2) is 25.8 Å². The fraction of sp³-hybridized carbons (Fsp3) is 0.421. The highest BCUT2D eigenvalue weighted by atomic mass is 19.4. The summed E-state index contributed by atoms with van der Waals surface area (Å²) in [7, 11) is 0. The molecule has 1 aromatic carbocycles. The lowest BCUT2D eigenvalue weighted by Crippen LogP contribution is -2.15. The number of rotatable bonds is 6. The monoisotopic (exact) mass is 388 g/mol. The second kappa shape index (κ2) is 6.35. The zero-order valence-electron chi connectivity index (χ0n) is 15.0. The highest BCUT2D eigenvalue weighted by molar-refractivity contribution is 5.92. The van der Waals surface area contributed by atoms with Crippen molar-refractivity contribution < 1.29 is 13.2 Å². The van der Waals surface area contributed by atoms with Crippen LogP contribution in [0.2, 0.25) is 0 Å². The van der Waals surface area contributed by atoms with E-state index in [0.717, 1.165) is 42.2 Å².